The van der Waals surface area contributed by atoms with Gasteiger partial charge in [-0.3, -0.25) is 0 Å². The second-order valence-electron chi connectivity index (χ2n) is 4.23. The number of anilines is 1. The van der Waals surface area contributed by atoms with Gasteiger partial charge in [-0.1, -0.05) is 6.07 Å². The van der Waals surface area contributed by atoms with Gasteiger partial charge in [0.2, 0.25) is 10.0 Å². The smallest absolute Gasteiger partial charge is 0.238 e. The first-order chi connectivity index (χ1) is 8.86. The summed E-state index contributed by atoms with van der Waals surface area (Å²) in [6.07, 6.45) is 0. The number of nitrogens with one attached hydrogen (secondary N) is 1. The molecule has 5 nitrogen and oxygen atoms in total. The Labute approximate surface area is 116 Å². The van der Waals surface area contributed by atoms with Crippen molar-refractivity contribution in [1.82, 2.24) is 4.98 Å². The van der Waals surface area contributed by atoms with Crippen LogP contribution in [0, 0.1) is 6.92 Å². The molecule has 1 aromatic heterocycles. The SMILES string of the molecule is Cc1nc(C(C)Nc2cccc(S(N)(=O)=O)c2)cs1. The molecular weight excluding hydrogens is 282 g/mol. The standard InChI is InChI=1S/C12H15N3O2S2/c1-8(12-7-18-9(2)15-12)14-10-4-3-5-11(6-10)19(13,16)17/h3-8,14H,1-2H3,(H2,13,16,17). The summed E-state index contributed by atoms with van der Waals surface area (Å²) >= 11 is 1.58. The highest BCUT2D eigenvalue weighted by atomic mass is 32.2. The monoisotopic (exact) mass is 297 g/mol. The van der Waals surface area contributed by atoms with E-state index in [1.165, 1.54) is 12.1 Å². The van der Waals surface area contributed by atoms with E-state index in [0.717, 1.165) is 10.7 Å². The Morgan fingerprint density at radius 1 is 1.42 bits per heavy atom. The first kappa shape index (κ1) is 14.0. The molecule has 0 saturated heterocycles. The van der Waals surface area contributed by atoms with Crippen LogP contribution < -0.4 is 10.5 Å². The van der Waals surface area contributed by atoms with Gasteiger partial charge in [0.25, 0.3) is 0 Å². The topological polar surface area (TPSA) is 85.1 Å². The van der Waals surface area contributed by atoms with Crippen LogP contribution in [0.4, 0.5) is 5.69 Å². The number of hydrogen-bond acceptors (Lipinski definition) is 5. The Balaban J connectivity index is 2.20. The Morgan fingerprint density at radius 3 is 2.74 bits per heavy atom. The molecule has 1 atom stereocenters. The summed E-state index contributed by atoms with van der Waals surface area (Å²) < 4.78 is 22.6. The zero-order valence-electron chi connectivity index (χ0n) is 10.6. The second kappa shape index (κ2) is 5.28. The maximum Gasteiger partial charge on any atom is 0.238 e. The predicted octanol–water partition coefficient (Wildman–Crippen LogP) is 2.27. The summed E-state index contributed by atoms with van der Waals surface area (Å²) in [6, 6.07) is 6.44. The number of primary sulfonamides is 1. The number of nitrogens with two attached hydrogens (primary N) is 1. The molecule has 2 rings (SSSR count). The van der Waals surface area contributed by atoms with Crippen molar-refractivity contribution in [2.75, 3.05) is 5.32 Å². The number of rotatable bonds is 4. The molecule has 19 heavy (non-hydrogen) atoms. The van der Waals surface area contributed by atoms with Crippen LogP contribution in [0.2, 0.25) is 0 Å². The predicted molar refractivity (Wildman–Crippen MR) is 76.7 cm³/mol. The fourth-order valence-corrected chi connectivity index (χ4v) is 2.93. The fourth-order valence-electron chi connectivity index (χ4n) is 1.67. The van der Waals surface area contributed by atoms with E-state index in [2.05, 4.69) is 10.3 Å². The summed E-state index contributed by atoms with van der Waals surface area (Å²) in [4.78, 5) is 4.49. The van der Waals surface area contributed by atoms with Gasteiger partial charge >= 0.3 is 0 Å². The molecule has 1 aromatic carbocycles. The van der Waals surface area contributed by atoms with Crippen molar-refractivity contribution in [2.24, 2.45) is 5.14 Å². The van der Waals surface area contributed by atoms with Crippen LogP contribution >= 0.6 is 11.3 Å². The number of aryl methyl sites for hydroxylation is 1. The molecule has 1 unspecified atom stereocenters. The van der Waals surface area contributed by atoms with E-state index in [4.69, 9.17) is 5.14 Å². The number of benzene rings is 1. The maximum absolute atomic E-state index is 11.3. The van der Waals surface area contributed by atoms with Crippen LogP contribution in [0.5, 0.6) is 0 Å². The van der Waals surface area contributed by atoms with Crippen molar-refractivity contribution in [3.63, 3.8) is 0 Å². The lowest BCUT2D eigenvalue weighted by molar-refractivity contribution is 0.598. The van der Waals surface area contributed by atoms with Crippen LogP contribution in [-0.4, -0.2) is 13.4 Å². The van der Waals surface area contributed by atoms with Gasteiger partial charge in [0.15, 0.2) is 0 Å². The van der Waals surface area contributed by atoms with Gasteiger partial charge in [-0.15, -0.1) is 11.3 Å². The third-order valence-corrected chi connectivity index (χ3v) is 4.33. The summed E-state index contributed by atoms with van der Waals surface area (Å²) in [5.41, 5.74) is 1.63. The molecule has 0 fully saturated rings. The molecule has 1 heterocycles. The van der Waals surface area contributed by atoms with Gasteiger partial charge in [-0.2, -0.15) is 0 Å². The molecule has 0 spiro atoms. The third-order valence-electron chi connectivity index (χ3n) is 2.63. The van der Waals surface area contributed by atoms with Gasteiger partial charge < -0.3 is 5.32 Å². The molecule has 0 aliphatic heterocycles. The number of aromatic nitrogens is 1. The van der Waals surface area contributed by atoms with E-state index in [1.807, 2.05) is 19.2 Å². The minimum absolute atomic E-state index is 0.000628. The Hall–Kier alpha value is -1.44. The van der Waals surface area contributed by atoms with Crippen molar-refractivity contribution < 1.29 is 8.42 Å². The van der Waals surface area contributed by atoms with Crippen LogP contribution in [-0.2, 0) is 10.0 Å². The lowest BCUT2D eigenvalue weighted by atomic mass is 10.2. The van der Waals surface area contributed by atoms with Crippen LogP contribution in [0.1, 0.15) is 23.7 Å². The average Bonchev–Trinajstić information content (AvgIpc) is 2.75. The lowest BCUT2D eigenvalue weighted by Gasteiger charge is -2.13. The van der Waals surface area contributed by atoms with E-state index in [-0.39, 0.29) is 10.9 Å². The Bertz CT molecular complexity index is 680. The van der Waals surface area contributed by atoms with Gasteiger partial charge in [0, 0.05) is 11.1 Å². The van der Waals surface area contributed by atoms with Crippen LogP contribution in [0.25, 0.3) is 0 Å². The van der Waals surface area contributed by atoms with Gasteiger partial charge in [-0.05, 0) is 32.0 Å². The highest BCUT2D eigenvalue weighted by molar-refractivity contribution is 7.89. The summed E-state index contributed by atoms with van der Waals surface area (Å²) in [5.74, 6) is 0. The van der Waals surface area contributed by atoms with Crippen LogP contribution in [0.3, 0.4) is 0 Å². The first-order valence-corrected chi connectivity index (χ1v) is 8.10. The molecule has 2 aromatic rings. The number of thiazole rings is 1. The van der Waals surface area contributed by atoms with Crippen molar-refractivity contribution in [2.45, 2.75) is 24.8 Å². The van der Waals surface area contributed by atoms with Gasteiger partial charge in [0.1, 0.15) is 0 Å². The molecule has 102 valence electrons. The molecule has 0 saturated carbocycles. The molecule has 0 bridgehead atoms. The molecule has 3 N–H and O–H groups in total. The van der Waals surface area contributed by atoms with E-state index in [1.54, 1.807) is 23.5 Å². The highest BCUT2D eigenvalue weighted by Gasteiger charge is 2.11. The molecular formula is C12H15N3O2S2. The Morgan fingerprint density at radius 2 is 2.16 bits per heavy atom. The summed E-state index contributed by atoms with van der Waals surface area (Å²) in [6.45, 7) is 3.92. The van der Waals surface area contributed by atoms with E-state index >= 15 is 0 Å². The number of hydrogen-bond donors (Lipinski definition) is 2. The molecule has 0 amide bonds. The Kier molecular flexibility index (Phi) is 3.88. The quantitative estimate of drug-likeness (QED) is 0.906. The summed E-state index contributed by atoms with van der Waals surface area (Å²) in [7, 11) is -3.68. The van der Waals surface area contributed by atoms with Gasteiger partial charge in [0.05, 0.1) is 21.6 Å². The number of sulfonamides is 1. The van der Waals surface area contributed by atoms with Crippen molar-refractivity contribution in [3.05, 3.63) is 40.3 Å². The van der Waals surface area contributed by atoms with E-state index in [9.17, 15) is 8.42 Å². The average molecular weight is 297 g/mol. The normalized spacial score (nSPS) is 13.2. The molecule has 0 radical (unpaired) electrons. The van der Waals surface area contributed by atoms with Crippen molar-refractivity contribution in [1.29, 1.82) is 0 Å². The molecule has 7 heteroatoms. The van der Waals surface area contributed by atoms with E-state index in [0.29, 0.717) is 5.69 Å². The lowest BCUT2D eigenvalue weighted by Crippen LogP contribution is -2.13. The first-order valence-electron chi connectivity index (χ1n) is 5.67. The largest absolute Gasteiger partial charge is 0.377 e. The fraction of sp³-hybridized carbons (Fsp3) is 0.250. The maximum atomic E-state index is 11.3. The summed E-state index contributed by atoms with van der Waals surface area (Å²) in [5, 5.41) is 11.3. The highest BCUT2D eigenvalue weighted by Crippen LogP contribution is 2.22. The minimum atomic E-state index is -3.68. The zero-order valence-corrected chi connectivity index (χ0v) is 12.3. The molecule has 0 aliphatic rings. The van der Waals surface area contributed by atoms with Crippen molar-refractivity contribution in [3.8, 4) is 0 Å². The third kappa shape index (κ3) is 3.52. The van der Waals surface area contributed by atoms with E-state index < -0.39 is 10.0 Å². The number of nitrogens with zero attached hydrogens (tertiary/aromatic N) is 1. The zero-order chi connectivity index (χ0) is 14.0. The minimum Gasteiger partial charge on any atom is -0.377 e. The van der Waals surface area contributed by atoms with Gasteiger partial charge in [-0.25, -0.2) is 18.5 Å². The van der Waals surface area contributed by atoms with Crippen molar-refractivity contribution >= 4 is 27.0 Å². The second-order valence-corrected chi connectivity index (χ2v) is 6.85. The van der Waals surface area contributed by atoms with Crippen LogP contribution in [0.15, 0.2) is 34.5 Å². The molecule has 0 aliphatic carbocycles.